The Labute approximate surface area is 175 Å². The summed E-state index contributed by atoms with van der Waals surface area (Å²) in [7, 11) is -2.23. The van der Waals surface area contributed by atoms with Gasteiger partial charge in [0.1, 0.15) is 35.1 Å². The van der Waals surface area contributed by atoms with Gasteiger partial charge in [-0.15, -0.1) is 0 Å². The molecule has 0 aliphatic rings. The van der Waals surface area contributed by atoms with Gasteiger partial charge in [-0.3, -0.25) is 10.1 Å². The van der Waals surface area contributed by atoms with Crippen LogP contribution in [0, 0.1) is 10.1 Å². The van der Waals surface area contributed by atoms with Gasteiger partial charge in [0.25, 0.3) is 5.69 Å². The number of phenolic OH excluding ortho intramolecular Hbond substituents is 1. The van der Waals surface area contributed by atoms with Crippen LogP contribution in [0.15, 0.2) is 109 Å². The molecule has 148 valence electrons. The number of nitrogens with zero attached hydrogens (tertiary/aromatic N) is 1. The first kappa shape index (κ1) is 19.8. The third kappa shape index (κ3) is 3.70. The molecular weight excluding hydrogens is 393 g/mol. The van der Waals surface area contributed by atoms with E-state index < -0.39 is 12.2 Å². The predicted molar refractivity (Wildman–Crippen MR) is 124 cm³/mol. The number of hydrogen-bond donors (Lipinski definition) is 1. The van der Waals surface area contributed by atoms with Crippen LogP contribution in [-0.2, 0) is 6.16 Å². The smallest absolute Gasteiger partial charge is 0.270 e. The van der Waals surface area contributed by atoms with E-state index in [4.69, 9.17) is 0 Å². The van der Waals surface area contributed by atoms with E-state index in [1.807, 2.05) is 54.6 Å². The SMILES string of the molecule is O=[N+]([O-])c1ccc(O)c(C[P+](c2ccccc2)(c2ccccc2)c2ccccc2)c1. The second kappa shape index (κ2) is 8.48. The number of rotatable bonds is 6. The van der Waals surface area contributed by atoms with Crippen LogP contribution in [0.3, 0.4) is 0 Å². The molecule has 0 spiro atoms. The molecule has 0 amide bonds. The Balaban J connectivity index is 2.01. The molecule has 0 atom stereocenters. The Morgan fingerprint density at radius 2 is 1.13 bits per heavy atom. The highest BCUT2D eigenvalue weighted by molar-refractivity contribution is 7.95. The van der Waals surface area contributed by atoms with Gasteiger partial charge in [0.05, 0.1) is 4.92 Å². The van der Waals surface area contributed by atoms with Crippen LogP contribution in [0.25, 0.3) is 0 Å². The van der Waals surface area contributed by atoms with Crippen LogP contribution in [0.1, 0.15) is 5.56 Å². The Morgan fingerprint density at radius 1 is 0.700 bits per heavy atom. The molecule has 4 rings (SSSR count). The molecule has 1 N–H and O–H groups in total. The number of phenols is 1. The Bertz CT molecular complexity index is 1050. The van der Waals surface area contributed by atoms with Crippen molar-refractivity contribution >= 4 is 28.9 Å². The maximum absolute atomic E-state index is 11.4. The van der Waals surface area contributed by atoms with Gasteiger partial charge in [-0.2, -0.15) is 0 Å². The second-order valence-electron chi connectivity index (χ2n) is 7.04. The molecule has 0 bridgehead atoms. The molecule has 0 unspecified atom stereocenters. The summed E-state index contributed by atoms with van der Waals surface area (Å²) in [6.45, 7) is 0. The van der Waals surface area contributed by atoms with Crippen LogP contribution in [-0.4, -0.2) is 10.0 Å². The van der Waals surface area contributed by atoms with Crippen molar-refractivity contribution in [1.82, 2.24) is 0 Å². The fourth-order valence-corrected chi connectivity index (χ4v) is 8.09. The van der Waals surface area contributed by atoms with Crippen molar-refractivity contribution in [3.63, 3.8) is 0 Å². The summed E-state index contributed by atoms with van der Waals surface area (Å²) in [5.74, 6) is 0.0766. The first-order valence-corrected chi connectivity index (χ1v) is 11.6. The van der Waals surface area contributed by atoms with Crippen molar-refractivity contribution in [3.05, 3.63) is 125 Å². The van der Waals surface area contributed by atoms with Gasteiger partial charge in [0.2, 0.25) is 0 Å². The largest absolute Gasteiger partial charge is 0.508 e. The molecule has 0 radical (unpaired) electrons. The lowest BCUT2D eigenvalue weighted by molar-refractivity contribution is -0.384. The van der Waals surface area contributed by atoms with E-state index in [2.05, 4.69) is 36.4 Å². The zero-order chi connectivity index (χ0) is 21.0. The lowest BCUT2D eigenvalue weighted by atomic mass is 10.2. The minimum atomic E-state index is -2.23. The van der Waals surface area contributed by atoms with Crippen LogP contribution in [0.2, 0.25) is 0 Å². The van der Waals surface area contributed by atoms with Crippen LogP contribution in [0.5, 0.6) is 5.75 Å². The standard InChI is InChI=1S/C25H20NO3P/c27-25-17-16-21(26(28)29)18-20(25)19-30(22-10-4-1-5-11-22,23-12-6-2-7-13-23)24-14-8-3-9-15-24/h1-18H,19H2/p+1. The maximum Gasteiger partial charge on any atom is 0.270 e. The van der Waals surface area contributed by atoms with Crippen LogP contribution >= 0.6 is 7.26 Å². The summed E-state index contributed by atoms with van der Waals surface area (Å²) in [5.41, 5.74) is 0.559. The summed E-state index contributed by atoms with van der Waals surface area (Å²) < 4.78 is 0. The summed E-state index contributed by atoms with van der Waals surface area (Å²) >= 11 is 0. The number of hydrogen-bond acceptors (Lipinski definition) is 3. The summed E-state index contributed by atoms with van der Waals surface area (Å²) in [6, 6.07) is 35.0. The highest BCUT2D eigenvalue weighted by Crippen LogP contribution is 2.59. The molecule has 4 nitrogen and oxygen atoms in total. The van der Waals surface area contributed by atoms with E-state index >= 15 is 0 Å². The minimum absolute atomic E-state index is 0.0184. The van der Waals surface area contributed by atoms with Crippen molar-refractivity contribution in [1.29, 1.82) is 0 Å². The van der Waals surface area contributed by atoms with E-state index in [9.17, 15) is 15.2 Å². The summed E-state index contributed by atoms with van der Waals surface area (Å²) in [4.78, 5) is 11.0. The predicted octanol–water partition coefficient (Wildman–Crippen LogP) is 4.79. The maximum atomic E-state index is 11.4. The van der Waals surface area contributed by atoms with Gasteiger partial charge in [-0.05, 0) is 42.5 Å². The van der Waals surface area contributed by atoms with E-state index in [-0.39, 0.29) is 11.4 Å². The molecule has 0 aromatic heterocycles. The lowest BCUT2D eigenvalue weighted by Gasteiger charge is -2.28. The molecule has 0 fully saturated rings. The zero-order valence-electron chi connectivity index (χ0n) is 16.3. The topological polar surface area (TPSA) is 63.4 Å². The molecule has 0 aliphatic carbocycles. The average molecular weight is 414 g/mol. The van der Waals surface area contributed by atoms with Crippen molar-refractivity contribution in [2.75, 3.05) is 0 Å². The molecule has 30 heavy (non-hydrogen) atoms. The minimum Gasteiger partial charge on any atom is -0.508 e. The van der Waals surface area contributed by atoms with Gasteiger partial charge < -0.3 is 5.11 Å². The van der Waals surface area contributed by atoms with Gasteiger partial charge >= 0.3 is 0 Å². The van der Waals surface area contributed by atoms with Crippen molar-refractivity contribution in [2.24, 2.45) is 0 Å². The summed E-state index contributed by atoms with van der Waals surface area (Å²) in [5, 5.41) is 25.5. The molecule has 0 saturated carbocycles. The highest BCUT2D eigenvalue weighted by Gasteiger charge is 2.46. The van der Waals surface area contributed by atoms with Gasteiger partial charge in [-0.1, -0.05) is 54.6 Å². The van der Waals surface area contributed by atoms with Crippen LogP contribution in [0.4, 0.5) is 5.69 Å². The Hall–Kier alpha value is -3.49. The van der Waals surface area contributed by atoms with Crippen molar-refractivity contribution in [3.8, 4) is 5.75 Å². The third-order valence-corrected chi connectivity index (χ3v) is 9.63. The van der Waals surface area contributed by atoms with E-state index in [1.165, 1.54) is 18.2 Å². The molecule has 0 saturated heterocycles. The molecule has 5 heteroatoms. The molecular formula is C25H21NO3P+. The average Bonchev–Trinajstić information content (AvgIpc) is 2.80. The molecule has 4 aromatic rings. The van der Waals surface area contributed by atoms with Crippen molar-refractivity contribution in [2.45, 2.75) is 6.16 Å². The lowest BCUT2D eigenvalue weighted by Crippen LogP contribution is -2.32. The molecule has 0 aliphatic heterocycles. The highest BCUT2D eigenvalue weighted by atomic mass is 31.2. The third-order valence-electron chi connectivity index (χ3n) is 5.27. The zero-order valence-corrected chi connectivity index (χ0v) is 17.2. The second-order valence-corrected chi connectivity index (χ2v) is 10.5. The van der Waals surface area contributed by atoms with Gasteiger partial charge in [-0.25, -0.2) is 0 Å². The van der Waals surface area contributed by atoms with E-state index in [1.54, 1.807) is 0 Å². The Kier molecular flexibility index (Phi) is 5.60. The van der Waals surface area contributed by atoms with E-state index in [0.29, 0.717) is 11.7 Å². The normalized spacial score (nSPS) is 11.2. The number of aromatic hydroxyl groups is 1. The van der Waals surface area contributed by atoms with Crippen LogP contribution < -0.4 is 15.9 Å². The fraction of sp³-hybridized carbons (Fsp3) is 0.0400. The first-order chi connectivity index (χ1) is 14.6. The van der Waals surface area contributed by atoms with Crippen molar-refractivity contribution < 1.29 is 10.0 Å². The van der Waals surface area contributed by atoms with E-state index in [0.717, 1.165) is 15.9 Å². The fourth-order valence-electron chi connectivity index (χ4n) is 3.84. The molecule has 4 aromatic carbocycles. The quantitative estimate of drug-likeness (QED) is 0.280. The first-order valence-electron chi connectivity index (χ1n) is 9.62. The van der Waals surface area contributed by atoms with Gasteiger partial charge in [0.15, 0.2) is 0 Å². The number of non-ortho nitro benzene ring substituents is 1. The number of benzene rings is 4. The monoisotopic (exact) mass is 414 g/mol. The van der Waals surface area contributed by atoms with Gasteiger partial charge in [0, 0.05) is 17.7 Å². The Morgan fingerprint density at radius 3 is 1.53 bits per heavy atom. The number of nitro benzene ring substituents is 1. The summed E-state index contributed by atoms with van der Waals surface area (Å²) in [6.07, 6.45) is 0.485. The number of nitro groups is 1. The molecule has 0 heterocycles.